The first kappa shape index (κ1) is 14.3. The van der Waals surface area contributed by atoms with Crippen molar-refractivity contribution < 1.29 is 13.2 Å². The Kier molecular flexibility index (Phi) is 4.11. The molecule has 19 heavy (non-hydrogen) atoms. The van der Waals surface area contributed by atoms with Gasteiger partial charge in [0.1, 0.15) is 0 Å². The maximum Gasteiger partial charge on any atom is 0.416 e. The van der Waals surface area contributed by atoms with Gasteiger partial charge >= 0.3 is 6.18 Å². The highest BCUT2D eigenvalue weighted by Crippen LogP contribution is 2.37. The zero-order valence-corrected chi connectivity index (χ0v) is 11.5. The molecule has 5 heteroatoms. The summed E-state index contributed by atoms with van der Waals surface area (Å²) in [6.45, 7) is 0. The lowest BCUT2D eigenvalue weighted by Gasteiger charge is -2.12. The molecule has 0 bridgehead atoms. The molecule has 0 aliphatic rings. The van der Waals surface area contributed by atoms with Gasteiger partial charge in [-0.25, -0.2) is 0 Å². The number of benzene rings is 2. The van der Waals surface area contributed by atoms with Crippen LogP contribution in [0, 0.1) is 0 Å². The second kappa shape index (κ2) is 5.47. The van der Waals surface area contributed by atoms with Gasteiger partial charge in [0.25, 0.3) is 0 Å². The lowest BCUT2D eigenvalue weighted by Crippen LogP contribution is -2.04. The monoisotopic (exact) mass is 302 g/mol. The summed E-state index contributed by atoms with van der Waals surface area (Å²) in [7, 11) is 0. The third-order valence-corrected chi connectivity index (χ3v) is 3.71. The fourth-order valence-electron chi connectivity index (χ4n) is 1.74. The van der Waals surface area contributed by atoms with Crippen molar-refractivity contribution in [2.24, 2.45) is 0 Å². The van der Waals surface area contributed by atoms with E-state index in [2.05, 4.69) is 0 Å². The average Bonchev–Trinajstić information content (AvgIpc) is 2.38. The molecule has 2 aromatic carbocycles. The average molecular weight is 303 g/mol. The van der Waals surface area contributed by atoms with Gasteiger partial charge in [-0.05, 0) is 41.6 Å². The summed E-state index contributed by atoms with van der Waals surface area (Å²) in [6.07, 6.45) is -2.56. The van der Waals surface area contributed by atoms with E-state index in [0.29, 0.717) is 9.92 Å². The quantitative estimate of drug-likeness (QED) is 0.637. The van der Waals surface area contributed by atoms with Crippen LogP contribution in [0.25, 0.3) is 11.1 Å². The van der Waals surface area contributed by atoms with E-state index in [1.807, 2.05) is 0 Å². The second-order valence-corrected chi connectivity index (χ2v) is 5.20. The van der Waals surface area contributed by atoms with Crippen LogP contribution in [0.2, 0.25) is 5.02 Å². The van der Waals surface area contributed by atoms with Crippen molar-refractivity contribution in [2.75, 3.05) is 6.26 Å². The molecule has 0 aromatic heterocycles. The van der Waals surface area contributed by atoms with E-state index in [9.17, 15) is 13.2 Å². The van der Waals surface area contributed by atoms with Gasteiger partial charge in [-0.15, -0.1) is 11.8 Å². The summed E-state index contributed by atoms with van der Waals surface area (Å²) >= 11 is 7.10. The third-order valence-electron chi connectivity index (χ3n) is 2.68. The van der Waals surface area contributed by atoms with Crippen molar-refractivity contribution in [1.82, 2.24) is 0 Å². The van der Waals surface area contributed by atoms with Crippen LogP contribution in [0.1, 0.15) is 5.56 Å². The van der Waals surface area contributed by atoms with Crippen LogP contribution in [0.4, 0.5) is 13.2 Å². The largest absolute Gasteiger partial charge is 0.416 e. The SMILES string of the molecule is CSc1cc(C(F)(F)F)ccc1-c1ccc(Cl)cc1. The van der Waals surface area contributed by atoms with E-state index < -0.39 is 11.7 Å². The minimum Gasteiger partial charge on any atom is -0.166 e. The van der Waals surface area contributed by atoms with Crippen LogP contribution < -0.4 is 0 Å². The Morgan fingerprint density at radius 1 is 1.00 bits per heavy atom. The zero-order chi connectivity index (χ0) is 14.0. The molecule has 0 atom stereocenters. The van der Waals surface area contributed by atoms with Crippen molar-refractivity contribution >= 4 is 23.4 Å². The molecule has 0 aliphatic carbocycles. The van der Waals surface area contributed by atoms with E-state index in [-0.39, 0.29) is 0 Å². The normalized spacial score (nSPS) is 11.6. The number of hydrogen-bond donors (Lipinski definition) is 0. The molecule has 2 rings (SSSR count). The highest BCUT2D eigenvalue weighted by molar-refractivity contribution is 7.98. The summed E-state index contributed by atoms with van der Waals surface area (Å²) in [4.78, 5) is 0.595. The molecule has 0 saturated heterocycles. The molecule has 0 spiro atoms. The van der Waals surface area contributed by atoms with Crippen molar-refractivity contribution in [1.29, 1.82) is 0 Å². The Bertz CT molecular complexity index is 576. The topological polar surface area (TPSA) is 0 Å². The summed E-state index contributed by atoms with van der Waals surface area (Å²) in [6, 6.07) is 10.8. The first-order chi connectivity index (χ1) is 8.91. The first-order valence-corrected chi connectivity index (χ1v) is 7.03. The van der Waals surface area contributed by atoms with Crippen LogP contribution in [0.5, 0.6) is 0 Å². The Labute approximate surface area is 118 Å². The number of alkyl halides is 3. The first-order valence-electron chi connectivity index (χ1n) is 5.43. The van der Waals surface area contributed by atoms with Gasteiger partial charge in [0.15, 0.2) is 0 Å². The van der Waals surface area contributed by atoms with Gasteiger partial charge in [0, 0.05) is 9.92 Å². The predicted octanol–water partition coefficient (Wildman–Crippen LogP) is 5.75. The molecule has 0 N–H and O–H groups in total. The molecule has 0 aliphatic heterocycles. The van der Waals surface area contributed by atoms with E-state index >= 15 is 0 Å². The highest BCUT2D eigenvalue weighted by atomic mass is 35.5. The predicted molar refractivity (Wildman–Crippen MR) is 73.7 cm³/mol. The fraction of sp³-hybridized carbons (Fsp3) is 0.143. The lowest BCUT2D eigenvalue weighted by atomic mass is 10.0. The highest BCUT2D eigenvalue weighted by Gasteiger charge is 2.30. The molecule has 0 fully saturated rings. The second-order valence-electron chi connectivity index (χ2n) is 3.92. The van der Waals surface area contributed by atoms with Crippen LogP contribution in [0.3, 0.4) is 0 Å². The van der Waals surface area contributed by atoms with Crippen LogP contribution >= 0.6 is 23.4 Å². The summed E-state index contributed by atoms with van der Waals surface area (Å²) in [5.74, 6) is 0. The minimum atomic E-state index is -4.32. The third kappa shape index (κ3) is 3.25. The van der Waals surface area contributed by atoms with Crippen molar-refractivity contribution in [3.63, 3.8) is 0 Å². The Morgan fingerprint density at radius 2 is 1.63 bits per heavy atom. The van der Waals surface area contributed by atoms with Crippen LogP contribution in [-0.4, -0.2) is 6.26 Å². The number of hydrogen-bond acceptors (Lipinski definition) is 1. The van der Waals surface area contributed by atoms with Gasteiger partial charge in [-0.3, -0.25) is 0 Å². The molecule has 0 amide bonds. The molecule has 0 unspecified atom stereocenters. The molecule has 0 heterocycles. The molecule has 0 saturated carbocycles. The molecule has 100 valence electrons. The zero-order valence-electron chi connectivity index (χ0n) is 9.96. The number of thioether (sulfide) groups is 1. The van der Waals surface area contributed by atoms with Crippen molar-refractivity contribution in [3.05, 3.63) is 53.1 Å². The van der Waals surface area contributed by atoms with Gasteiger partial charge in [-0.2, -0.15) is 13.2 Å². The van der Waals surface area contributed by atoms with E-state index in [0.717, 1.165) is 17.2 Å². The molecular weight excluding hydrogens is 293 g/mol. The van der Waals surface area contributed by atoms with E-state index in [1.165, 1.54) is 23.9 Å². The standard InChI is InChI=1S/C14H10ClF3S/c1-19-13-8-10(14(16,17)18)4-7-12(13)9-2-5-11(15)6-3-9/h2-8H,1H3. The van der Waals surface area contributed by atoms with Gasteiger partial charge in [0.05, 0.1) is 5.56 Å². The Balaban J connectivity index is 2.50. The molecule has 0 nitrogen and oxygen atoms in total. The fourth-order valence-corrected chi connectivity index (χ4v) is 2.51. The van der Waals surface area contributed by atoms with E-state index in [4.69, 9.17) is 11.6 Å². The summed E-state index contributed by atoms with van der Waals surface area (Å²) in [5.41, 5.74) is 0.995. The number of rotatable bonds is 2. The lowest BCUT2D eigenvalue weighted by molar-refractivity contribution is -0.137. The minimum absolute atomic E-state index is 0.595. The van der Waals surface area contributed by atoms with Gasteiger partial charge < -0.3 is 0 Å². The maximum absolute atomic E-state index is 12.7. The summed E-state index contributed by atoms with van der Waals surface area (Å²) < 4.78 is 38.0. The van der Waals surface area contributed by atoms with Crippen LogP contribution in [0.15, 0.2) is 47.4 Å². The molecule has 0 radical (unpaired) electrons. The van der Waals surface area contributed by atoms with Crippen molar-refractivity contribution in [2.45, 2.75) is 11.1 Å². The van der Waals surface area contributed by atoms with E-state index in [1.54, 1.807) is 30.5 Å². The maximum atomic E-state index is 12.7. The summed E-state index contributed by atoms with van der Waals surface area (Å²) in [5, 5.41) is 0.598. The van der Waals surface area contributed by atoms with Gasteiger partial charge in [-0.1, -0.05) is 29.8 Å². The van der Waals surface area contributed by atoms with Crippen molar-refractivity contribution in [3.8, 4) is 11.1 Å². The Hall–Kier alpha value is -1.13. The Morgan fingerprint density at radius 3 is 2.16 bits per heavy atom. The molecule has 2 aromatic rings. The smallest absolute Gasteiger partial charge is 0.166 e. The van der Waals surface area contributed by atoms with Crippen LogP contribution in [-0.2, 0) is 6.18 Å². The number of halogens is 4. The van der Waals surface area contributed by atoms with Gasteiger partial charge in [0.2, 0.25) is 0 Å². The molecular formula is C14H10ClF3S.